The van der Waals surface area contributed by atoms with Crippen LogP contribution in [0.3, 0.4) is 0 Å². The lowest BCUT2D eigenvalue weighted by Gasteiger charge is -2.19. The number of hydrogen-bond acceptors (Lipinski definition) is 4. The molecule has 0 saturated carbocycles. The number of benzene rings is 1. The average molecular weight is 238 g/mol. The molecule has 0 atom stereocenters. The van der Waals surface area contributed by atoms with Crippen molar-refractivity contribution in [2.75, 3.05) is 11.9 Å². The predicted molar refractivity (Wildman–Crippen MR) is 70.0 cm³/mol. The Labute approximate surface area is 107 Å². The van der Waals surface area contributed by atoms with E-state index < -0.39 is 0 Å². The van der Waals surface area contributed by atoms with E-state index in [1.54, 1.807) is 6.20 Å². The van der Waals surface area contributed by atoms with Crippen LogP contribution >= 0.6 is 0 Å². The van der Waals surface area contributed by atoms with Gasteiger partial charge in [-0.15, -0.1) is 0 Å². The molecule has 1 aromatic carbocycles. The van der Waals surface area contributed by atoms with Gasteiger partial charge < -0.3 is 4.90 Å². The molecule has 18 heavy (non-hydrogen) atoms. The van der Waals surface area contributed by atoms with Crippen molar-refractivity contribution in [1.82, 2.24) is 9.97 Å². The van der Waals surface area contributed by atoms with Gasteiger partial charge in [0.2, 0.25) is 0 Å². The van der Waals surface area contributed by atoms with Gasteiger partial charge in [-0.3, -0.25) is 0 Å². The standard InChI is InChI=1S/C14H14N4/c1-11-16-9-13(8-15)14(17-11)18(2)10-12-6-4-3-5-7-12/h3-7,9H,10H2,1-2H3. The fourth-order valence-electron chi connectivity index (χ4n) is 1.76. The smallest absolute Gasteiger partial charge is 0.150 e. The molecule has 0 aliphatic rings. The minimum atomic E-state index is 0.499. The number of nitrogens with zero attached hydrogens (tertiary/aromatic N) is 4. The SMILES string of the molecule is Cc1ncc(C#N)c(N(C)Cc2ccccc2)n1. The van der Waals surface area contributed by atoms with Gasteiger partial charge in [-0.05, 0) is 12.5 Å². The van der Waals surface area contributed by atoms with Crippen molar-refractivity contribution in [3.63, 3.8) is 0 Å². The highest BCUT2D eigenvalue weighted by atomic mass is 15.2. The summed E-state index contributed by atoms with van der Waals surface area (Å²) in [6.45, 7) is 2.53. The summed E-state index contributed by atoms with van der Waals surface area (Å²) in [6, 6.07) is 12.2. The Hall–Kier alpha value is -2.41. The number of aryl methyl sites for hydroxylation is 1. The predicted octanol–water partition coefficient (Wildman–Crippen LogP) is 2.29. The molecular formula is C14H14N4. The Bertz CT molecular complexity index is 572. The van der Waals surface area contributed by atoms with Crippen molar-refractivity contribution in [2.45, 2.75) is 13.5 Å². The second-order valence-corrected chi connectivity index (χ2v) is 4.11. The van der Waals surface area contributed by atoms with Gasteiger partial charge in [-0.25, -0.2) is 9.97 Å². The van der Waals surface area contributed by atoms with Gasteiger partial charge in [-0.2, -0.15) is 5.26 Å². The fraction of sp³-hybridized carbons (Fsp3) is 0.214. The summed E-state index contributed by atoms with van der Waals surface area (Å²) in [6.07, 6.45) is 1.57. The molecule has 2 aromatic rings. The number of anilines is 1. The molecule has 0 amide bonds. The number of nitriles is 1. The Balaban J connectivity index is 2.26. The molecule has 2 rings (SSSR count). The van der Waals surface area contributed by atoms with Crippen molar-refractivity contribution < 1.29 is 0 Å². The molecule has 0 saturated heterocycles. The van der Waals surface area contributed by atoms with E-state index in [0.29, 0.717) is 23.8 Å². The van der Waals surface area contributed by atoms with Gasteiger partial charge in [0.1, 0.15) is 23.3 Å². The number of rotatable bonds is 3. The Morgan fingerprint density at radius 2 is 2.00 bits per heavy atom. The van der Waals surface area contributed by atoms with Crippen molar-refractivity contribution in [3.05, 3.63) is 53.5 Å². The summed E-state index contributed by atoms with van der Waals surface area (Å²) in [4.78, 5) is 10.3. The Morgan fingerprint density at radius 1 is 1.28 bits per heavy atom. The van der Waals surface area contributed by atoms with E-state index in [-0.39, 0.29) is 0 Å². The first kappa shape index (κ1) is 12.1. The summed E-state index contributed by atoms with van der Waals surface area (Å²) < 4.78 is 0. The molecule has 0 aliphatic carbocycles. The van der Waals surface area contributed by atoms with E-state index in [0.717, 1.165) is 0 Å². The maximum atomic E-state index is 9.07. The zero-order valence-electron chi connectivity index (χ0n) is 10.5. The van der Waals surface area contributed by atoms with E-state index in [1.807, 2.05) is 37.1 Å². The van der Waals surface area contributed by atoms with E-state index in [2.05, 4.69) is 28.2 Å². The summed E-state index contributed by atoms with van der Waals surface area (Å²) >= 11 is 0. The van der Waals surface area contributed by atoms with Gasteiger partial charge in [0, 0.05) is 13.6 Å². The van der Waals surface area contributed by atoms with Crippen LogP contribution < -0.4 is 4.90 Å². The molecule has 0 bridgehead atoms. The van der Waals surface area contributed by atoms with Crippen LogP contribution in [0.1, 0.15) is 17.0 Å². The molecule has 0 spiro atoms. The van der Waals surface area contributed by atoms with E-state index in [1.165, 1.54) is 5.56 Å². The van der Waals surface area contributed by atoms with Crippen molar-refractivity contribution in [2.24, 2.45) is 0 Å². The van der Waals surface area contributed by atoms with Crippen molar-refractivity contribution >= 4 is 5.82 Å². The van der Waals surface area contributed by atoms with Crippen LogP contribution in [0.5, 0.6) is 0 Å². The highest BCUT2D eigenvalue weighted by Gasteiger charge is 2.10. The van der Waals surface area contributed by atoms with Crippen LogP contribution in [0, 0.1) is 18.3 Å². The third-order valence-electron chi connectivity index (χ3n) is 2.63. The van der Waals surface area contributed by atoms with Gasteiger partial charge in [0.25, 0.3) is 0 Å². The molecule has 0 unspecified atom stereocenters. The van der Waals surface area contributed by atoms with Gasteiger partial charge in [0.15, 0.2) is 0 Å². The molecule has 1 aromatic heterocycles. The lowest BCUT2D eigenvalue weighted by molar-refractivity contribution is 0.875. The van der Waals surface area contributed by atoms with E-state index >= 15 is 0 Å². The maximum Gasteiger partial charge on any atom is 0.150 e. The zero-order chi connectivity index (χ0) is 13.0. The zero-order valence-corrected chi connectivity index (χ0v) is 10.5. The average Bonchev–Trinajstić information content (AvgIpc) is 2.40. The lowest BCUT2D eigenvalue weighted by atomic mass is 10.2. The molecule has 90 valence electrons. The van der Waals surface area contributed by atoms with Crippen LogP contribution in [0.4, 0.5) is 5.82 Å². The fourth-order valence-corrected chi connectivity index (χ4v) is 1.76. The summed E-state index contributed by atoms with van der Waals surface area (Å²) in [5.41, 5.74) is 1.68. The molecule has 4 nitrogen and oxygen atoms in total. The molecule has 0 N–H and O–H groups in total. The lowest BCUT2D eigenvalue weighted by Crippen LogP contribution is -2.19. The highest BCUT2D eigenvalue weighted by Crippen LogP contribution is 2.17. The van der Waals surface area contributed by atoms with Gasteiger partial charge in [0.05, 0.1) is 6.20 Å². The Morgan fingerprint density at radius 3 is 2.67 bits per heavy atom. The van der Waals surface area contributed by atoms with Crippen LogP contribution in [0.2, 0.25) is 0 Å². The second kappa shape index (κ2) is 5.28. The quantitative estimate of drug-likeness (QED) is 0.823. The molecule has 0 fully saturated rings. The number of aromatic nitrogens is 2. The second-order valence-electron chi connectivity index (χ2n) is 4.11. The molecule has 0 radical (unpaired) electrons. The highest BCUT2D eigenvalue weighted by molar-refractivity contribution is 5.52. The molecular weight excluding hydrogens is 224 g/mol. The summed E-state index contributed by atoms with van der Waals surface area (Å²) in [5.74, 6) is 1.35. The Kier molecular flexibility index (Phi) is 3.54. The first-order chi connectivity index (χ1) is 8.70. The number of hydrogen-bond donors (Lipinski definition) is 0. The van der Waals surface area contributed by atoms with E-state index in [9.17, 15) is 0 Å². The van der Waals surface area contributed by atoms with Crippen LogP contribution in [0.25, 0.3) is 0 Å². The van der Waals surface area contributed by atoms with Crippen LogP contribution in [0.15, 0.2) is 36.5 Å². The minimum Gasteiger partial charge on any atom is -0.354 e. The molecule has 0 aliphatic heterocycles. The van der Waals surface area contributed by atoms with Crippen molar-refractivity contribution in [3.8, 4) is 6.07 Å². The third kappa shape index (κ3) is 2.64. The largest absolute Gasteiger partial charge is 0.354 e. The van der Waals surface area contributed by atoms with Crippen molar-refractivity contribution in [1.29, 1.82) is 5.26 Å². The first-order valence-corrected chi connectivity index (χ1v) is 5.69. The van der Waals surface area contributed by atoms with E-state index in [4.69, 9.17) is 5.26 Å². The monoisotopic (exact) mass is 238 g/mol. The summed E-state index contributed by atoms with van der Waals surface area (Å²) in [5, 5.41) is 9.07. The molecule has 4 heteroatoms. The molecule has 1 heterocycles. The maximum absolute atomic E-state index is 9.07. The van der Waals surface area contributed by atoms with Crippen LogP contribution in [-0.2, 0) is 6.54 Å². The van der Waals surface area contributed by atoms with Gasteiger partial charge >= 0.3 is 0 Å². The minimum absolute atomic E-state index is 0.499. The normalized spacial score (nSPS) is 9.83. The summed E-state index contributed by atoms with van der Waals surface area (Å²) in [7, 11) is 1.93. The van der Waals surface area contributed by atoms with Crippen LogP contribution in [-0.4, -0.2) is 17.0 Å². The third-order valence-corrected chi connectivity index (χ3v) is 2.63. The first-order valence-electron chi connectivity index (χ1n) is 5.69. The topological polar surface area (TPSA) is 52.8 Å². The van der Waals surface area contributed by atoms with Gasteiger partial charge in [-0.1, -0.05) is 30.3 Å².